The van der Waals surface area contributed by atoms with E-state index in [9.17, 15) is 4.79 Å². The van der Waals surface area contributed by atoms with Crippen molar-refractivity contribution in [2.75, 3.05) is 5.33 Å². The summed E-state index contributed by atoms with van der Waals surface area (Å²) in [5.74, 6) is -0.286. The van der Waals surface area contributed by atoms with Crippen LogP contribution >= 0.6 is 15.9 Å². The van der Waals surface area contributed by atoms with E-state index in [4.69, 9.17) is 0 Å². The smallest absolute Gasteiger partial charge is 0.321 e. The van der Waals surface area contributed by atoms with Crippen LogP contribution in [0.3, 0.4) is 0 Å². The minimum atomic E-state index is -0.286. The molecule has 0 atom stereocenters. The van der Waals surface area contributed by atoms with E-state index >= 15 is 0 Å². The summed E-state index contributed by atoms with van der Waals surface area (Å²) in [6, 6.07) is 0. The first-order chi connectivity index (χ1) is 5.31. The van der Waals surface area contributed by atoms with Crippen LogP contribution < -0.4 is 0 Å². The average Bonchev–Trinajstić information content (AvgIpc) is 2.04. The molecule has 0 radical (unpaired) electrons. The molecule has 0 N–H and O–H groups in total. The minimum Gasteiger partial charge on any atom is -0.434 e. The third-order valence-corrected chi connectivity index (χ3v) is 1.33. The predicted molar refractivity (Wildman–Crippen MR) is 48.5 cm³/mol. The fourth-order valence-corrected chi connectivity index (χ4v) is 0.539. The second-order valence-corrected chi connectivity index (χ2v) is 2.35. The summed E-state index contributed by atoms with van der Waals surface area (Å²) in [6.45, 7) is 2.04. The van der Waals surface area contributed by atoms with Crippen LogP contribution in [0, 0.1) is 0 Å². The lowest BCUT2D eigenvalue weighted by atomic mass is 10.4. The maximum Gasteiger partial charge on any atom is 0.321 e. The number of rotatable bonds is 4. The normalized spacial score (nSPS) is 11.1. The van der Waals surface area contributed by atoms with E-state index in [-0.39, 0.29) is 11.3 Å². The molecular formula is C8H11BrO2. The van der Waals surface area contributed by atoms with Crippen molar-refractivity contribution in [3.8, 4) is 0 Å². The molecule has 11 heavy (non-hydrogen) atoms. The van der Waals surface area contributed by atoms with Crippen molar-refractivity contribution in [2.24, 2.45) is 0 Å². The molecule has 0 unspecified atom stereocenters. The Kier molecular flexibility index (Phi) is 7.15. The number of allylic oxidation sites excluding steroid dienone is 3. The summed E-state index contributed by atoms with van der Waals surface area (Å²) < 4.78 is 4.62. The van der Waals surface area contributed by atoms with Gasteiger partial charge in [0.1, 0.15) is 5.33 Å². The Morgan fingerprint density at radius 2 is 2.27 bits per heavy atom. The lowest BCUT2D eigenvalue weighted by Gasteiger charge is -1.90. The van der Waals surface area contributed by atoms with Crippen LogP contribution in [0.25, 0.3) is 0 Å². The van der Waals surface area contributed by atoms with Crippen LogP contribution in [0.15, 0.2) is 24.5 Å². The molecule has 0 heterocycles. The van der Waals surface area contributed by atoms with Gasteiger partial charge in [0.2, 0.25) is 0 Å². The van der Waals surface area contributed by atoms with Gasteiger partial charge in [-0.1, -0.05) is 35.0 Å². The largest absolute Gasteiger partial charge is 0.434 e. The van der Waals surface area contributed by atoms with Crippen molar-refractivity contribution in [2.45, 2.75) is 13.3 Å². The van der Waals surface area contributed by atoms with Crippen LogP contribution in [0.2, 0.25) is 0 Å². The van der Waals surface area contributed by atoms with Gasteiger partial charge in [-0.25, -0.2) is 0 Å². The van der Waals surface area contributed by atoms with Gasteiger partial charge in [0.25, 0.3) is 0 Å². The Balaban J connectivity index is 3.44. The molecule has 0 saturated heterocycles. The van der Waals surface area contributed by atoms with Crippen molar-refractivity contribution in [1.29, 1.82) is 0 Å². The SMILES string of the molecule is CCC=CC=COC(=O)CBr. The highest BCUT2D eigenvalue weighted by molar-refractivity contribution is 9.09. The number of halogens is 1. The molecule has 0 fully saturated rings. The lowest BCUT2D eigenvalue weighted by molar-refractivity contribution is -0.134. The molecule has 0 aromatic heterocycles. The summed E-state index contributed by atoms with van der Waals surface area (Å²) in [5.41, 5.74) is 0. The highest BCUT2D eigenvalue weighted by atomic mass is 79.9. The van der Waals surface area contributed by atoms with Crippen molar-refractivity contribution in [1.82, 2.24) is 0 Å². The second-order valence-electron chi connectivity index (χ2n) is 1.79. The molecule has 0 rings (SSSR count). The molecule has 0 aromatic carbocycles. The minimum absolute atomic E-state index is 0.231. The molecule has 0 aliphatic rings. The number of carbonyl (C=O) groups is 1. The molecule has 0 spiro atoms. The number of ether oxygens (including phenoxy) is 1. The van der Waals surface area contributed by atoms with Gasteiger partial charge in [-0.3, -0.25) is 4.79 Å². The standard InChI is InChI=1S/C8H11BrO2/c1-2-3-4-5-6-11-8(10)7-9/h3-6H,2,7H2,1H3. The first-order valence-corrected chi connectivity index (χ1v) is 4.50. The maximum atomic E-state index is 10.5. The third kappa shape index (κ3) is 7.33. The van der Waals surface area contributed by atoms with Gasteiger partial charge >= 0.3 is 5.97 Å². The number of hydrogen-bond donors (Lipinski definition) is 0. The number of esters is 1. The molecule has 0 aromatic rings. The zero-order valence-electron chi connectivity index (χ0n) is 6.42. The van der Waals surface area contributed by atoms with Gasteiger partial charge in [0.05, 0.1) is 6.26 Å². The Labute approximate surface area is 75.1 Å². The maximum absolute atomic E-state index is 10.5. The van der Waals surface area contributed by atoms with E-state index in [1.165, 1.54) is 6.26 Å². The monoisotopic (exact) mass is 218 g/mol. The fraction of sp³-hybridized carbons (Fsp3) is 0.375. The second kappa shape index (κ2) is 7.54. The van der Waals surface area contributed by atoms with Crippen molar-refractivity contribution in [3.05, 3.63) is 24.5 Å². The summed E-state index contributed by atoms with van der Waals surface area (Å²) in [7, 11) is 0. The molecule has 0 bridgehead atoms. The molecule has 62 valence electrons. The van der Waals surface area contributed by atoms with Gasteiger partial charge in [-0.05, 0) is 12.5 Å². The van der Waals surface area contributed by atoms with Crippen LogP contribution in [0.4, 0.5) is 0 Å². The van der Waals surface area contributed by atoms with Crippen molar-refractivity contribution < 1.29 is 9.53 Å². The summed E-state index contributed by atoms with van der Waals surface area (Å²) >= 11 is 2.97. The quantitative estimate of drug-likeness (QED) is 0.314. The van der Waals surface area contributed by atoms with Gasteiger partial charge in [0.15, 0.2) is 0 Å². The van der Waals surface area contributed by atoms with E-state index in [1.54, 1.807) is 6.08 Å². The van der Waals surface area contributed by atoms with E-state index < -0.39 is 0 Å². The van der Waals surface area contributed by atoms with Crippen molar-refractivity contribution >= 4 is 21.9 Å². The van der Waals surface area contributed by atoms with Gasteiger partial charge in [-0.2, -0.15) is 0 Å². The highest BCUT2D eigenvalue weighted by Crippen LogP contribution is 1.87. The van der Waals surface area contributed by atoms with Gasteiger partial charge in [-0.15, -0.1) is 0 Å². The molecule has 0 amide bonds. The molecule has 3 heteroatoms. The van der Waals surface area contributed by atoms with E-state index in [2.05, 4.69) is 20.7 Å². The Hall–Kier alpha value is -0.570. The number of carbonyl (C=O) groups excluding carboxylic acids is 1. The highest BCUT2D eigenvalue weighted by Gasteiger charge is 1.92. The summed E-state index contributed by atoms with van der Waals surface area (Å²) in [5, 5.41) is 0.231. The van der Waals surface area contributed by atoms with Gasteiger partial charge < -0.3 is 4.74 Å². The van der Waals surface area contributed by atoms with Crippen LogP contribution in [0.5, 0.6) is 0 Å². The van der Waals surface area contributed by atoms with Crippen LogP contribution in [-0.2, 0) is 9.53 Å². The first kappa shape index (κ1) is 10.4. The van der Waals surface area contributed by atoms with E-state index in [1.807, 2.05) is 19.1 Å². The van der Waals surface area contributed by atoms with Crippen LogP contribution in [0.1, 0.15) is 13.3 Å². The molecule has 2 nitrogen and oxygen atoms in total. The zero-order chi connectivity index (χ0) is 8.53. The van der Waals surface area contributed by atoms with Gasteiger partial charge in [0, 0.05) is 0 Å². The Bertz CT molecular complexity index is 161. The number of alkyl halides is 1. The Morgan fingerprint density at radius 3 is 2.82 bits per heavy atom. The fourth-order valence-electron chi connectivity index (χ4n) is 0.407. The summed E-state index contributed by atoms with van der Waals surface area (Å²) in [6.07, 6.45) is 7.84. The average molecular weight is 219 g/mol. The molecule has 0 aliphatic heterocycles. The molecule has 0 saturated carbocycles. The number of hydrogen-bond acceptors (Lipinski definition) is 2. The molecular weight excluding hydrogens is 208 g/mol. The zero-order valence-corrected chi connectivity index (χ0v) is 8.00. The lowest BCUT2D eigenvalue weighted by Crippen LogP contribution is -1.98. The van der Waals surface area contributed by atoms with Crippen LogP contribution in [-0.4, -0.2) is 11.3 Å². The van der Waals surface area contributed by atoms with Crippen molar-refractivity contribution in [3.63, 3.8) is 0 Å². The van der Waals surface area contributed by atoms with E-state index in [0.717, 1.165) is 6.42 Å². The van der Waals surface area contributed by atoms with E-state index in [0.29, 0.717) is 0 Å². The topological polar surface area (TPSA) is 26.3 Å². The first-order valence-electron chi connectivity index (χ1n) is 3.38. The summed E-state index contributed by atoms with van der Waals surface area (Å²) in [4.78, 5) is 10.5. The Morgan fingerprint density at radius 1 is 1.55 bits per heavy atom. The third-order valence-electron chi connectivity index (χ3n) is 0.870. The predicted octanol–water partition coefficient (Wildman–Crippen LogP) is 2.40. The molecule has 0 aliphatic carbocycles.